The highest BCUT2D eigenvalue weighted by Crippen LogP contribution is 2.40. The fraction of sp³-hybridized carbons (Fsp3) is 0.368. The molecule has 1 amide bonds. The number of hydrogen-bond donors (Lipinski definition) is 1. The number of carbonyl (C=O) groups is 1. The zero-order valence-corrected chi connectivity index (χ0v) is 15.8. The summed E-state index contributed by atoms with van der Waals surface area (Å²) in [5.74, 6) is 0.795. The summed E-state index contributed by atoms with van der Waals surface area (Å²) in [6.45, 7) is 2.20. The maximum atomic E-state index is 12.7. The van der Waals surface area contributed by atoms with E-state index in [4.69, 9.17) is 16.3 Å². The molecule has 2 aromatic rings. The van der Waals surface area contributed by atoms with E-state index < -0.39 is 0 Å². The van der Waals surface area contributed by atoms with Crippen LogP contribution in [0.25, 0.3) is 0 Å². The van der Waals surface area contributed by atoms with Gasteiger partial charge in [0.05, 0.1) is 18.2 Å². The number of fused-ring (bicyclic) bond motifs is 1. The summed E-state index contributed by atoms with van der Waals surface area (Å²) in [5, 5.41) is 13.5. The second kappa shape index (κ2) is 7.47. The normalized spacial score (nSPS) is 16.0. The van der Waals surface area contributed by atoms with Crippen LogP contribution >= 0.6 is 22.9 Å². The average molecular weight is 375 g/mol. The molecule has 1 aliphatic carbocycles. The summed E-state index contributed by atoms with van der Waals surface area (Å²) in [6, 6.07) is 7.18. The monoisotopic (exact) mass is 374 g/mol. The van der Waals surface area contributed by atoms with E-state index in [1.54, 1.807) is 18.2 Å². The number of carbonyl (C=O) groups excluding carboxylic acids is 1. The highest BCUT2D eigenvalue weighted by molar-refractivity contribution is 7.16. The number of nitriles is 1. The van der Waals surface area contributed by atoms with Crippen LogP contribution in [0.4, 0.5) is 5.00 Å². The molecule has 4 nitrogen and oxygen atoms in total. The lowest BCUT2D eigenvalue weighted by atomic mass is 9.86. The van der Waals surface area contributed by atoms with Crippen molar-refractivity contribution in [3.63, 3.8) is 0 Å². The van der Waals surface area contributed by atoms with E-state index in [9.17, 15) is 10.1 Å². The maximum Gasteiger partial charge on any atom is 0.260 e. The van der Waals surface area contributed by atoms with E-state index in [-0.39, 0.29) is 5.91 Å². The van der Waals surface area contributed by atoms with Crippen LogP contribution in [0.5, 0.6) is 5.75 Å². The lowest BCUT2D eigenvalue weighted by molar-refractivity contribution is 0.102. The lowest BCUT2D eigenvalue weighted by Gasteiger charge is -2.20. The summed E-state index contributed by atoms with van der Waals surface area (Å²) >= 11 is 7.53. The number of methoxy groups -OCH3 is 1. The van der Waals surface area contributed by atoms with Crippen LogP contribution in [0, 0.1) is 17.2 Å². The molecule has 0 saturated carbocycles. The summed E-state index contributed by atoms with van der Waals surface area (Å²) in [7, 11) is 1.51. The molecule has 1 aromatic carbocycles. The van der Waals surface area contributed by atoms with Gasteiger partial charge in [-0.3, -0.25) is 4.79 Å². The molecule has 1 unspecified atom stereocenters. The molecule has 0 fully saturated rings. The molecule has 0 aliphatic heterocycles. The molecule has 1 N–H and O–H groups in total. The first kappa shape index (κ1) is 17.8. The smallest absolute Gasteiger partial charge is 0.260 e. The minimum Gasteiger partial charge on any atom is -0.496 e. The Bertz CT molecular complexity index is 854. The molecule has 1 atom stereocenters. The Kier molecular flexibility index (Phi) is 5.31. The summed E-state index contributed by atoms with van der Waals surface area (Å²) in [4.78, 5) is 13.9. The first-order chi connectivity index (χ1) is 12.1. The molecule has 6 heteroatoms. The van der Waals surface area contributed by atoms with E-state index in [0.717, 1.165) is 31.2 Å². The first-order valence-corrected chi connectivity index (χ1v) is 9.46. The molecule has 0 radical (unpaired) electrons. The van der Waals surface area contributed by atoms with Crippen LogP contribution in [-0.2, 0) is 12.8 Å². The SMILES string of the molecule is CCC1CCc2c(sc(NC(=O)c3cc(Cl)ccc3OC)c2C#N)C1. The molecular formula is C19H19ClN2O2S. The number of hydrogen-bond acceptors (Lipinski definition) is 4. The summed E-state index contributed by atoms with van der Waals surface area (Å²) < 4.78 is 5.24. The molecule has 130 valence electrons. The van der Waals surface area contributed by atoms with E-state index in [0.29, 0.717) is 32.8 Å². The average Bonchev–Trinajstić information content (AvgIpc) is 2.97. The van der Waals surface area contributed by atoms with E-state index in [1.807, 2.05) is 0 Å². The predicted molar refractivity (Wildman–Crippen MR) is 101 cm³/mol. The topological polar surface area (TPSA) is 62.1 Å². The lowest BCUT2D eigenvalue weighted by Crippen LogP contribution is -2.13. The Morgan fingerprint density at radius 3 is 3.00 bits per heavy atom. The Morgan fingerprint density at radius 1 is 1.52 bits per heavy atom. The number of halogens is 1. The summed E-state index contributed by atoms with van der Waals surface area (Å²) in [5.41, 5.74) is 2.06. The van der Waals surface area contributed by atoms with Crippen LogP contribution in [0.2, 0.25) is 5.02 Å². The molecule has 0 spiro atoms. The third-order valence-electron chi connectivity index (χ3n) is 4.69. The molecule has 1 aliphatic rings. The zero-order valence-electron chi connectivity index (χ0n) is 14.2. The van der Waals surface area contributed by atoms with Crippen molar-refractivity contribution in [1.82, 2.24) is 0 Å². The Morgan fingerprint density at radius 2 is 2.32 bits per heavy atom. The largest absolute Gasteiger partial charge is 0.496 e. The first-order valence-electron chi connectivity index (χ1n) is 8.26. The minimum absolute atomic E-state index is 0.318. The molecular weight excluding hydrogens is 356 g/mol. The number of anilines is 1. The van der Waals surface area contributed by atoms with Crippen LogP contribution in [0.15, 0.2) is 18.2 Å². The standard InChI is InChI=1S/C19H19ClN2O2S/c1-3-11-4-6-13-15(10-21)19(25-17(13)8-11)22-18(23)14-9-12(20)5-7-16(14)24-2/h5,7,9,11H,3-4,6,8H2,1-2H3,(H,22,23). The van der Waals surface area contributed by atoms with Crippen molar-refractivity contribution in [2.75, 3.05) is 12.4 Å². The van der Waals surface area contributed by atoms with Crippen molar-refractivity contribution >= 4 is 33.8 Å². The highest BCUT2D eigenvalue weighted by atomic mass is 35.5. The Labute approximate surface area is 156 Å². The van der Waals surface area contributed by atoms with Crippen LogP contribution in [0.1, 0.15) is 46.1 Å². The van der Waals surface area contributed by atoms with Crippen LogP contribution in [0.3, 0.4) is 0 Å². The third kappa shape index (κ3) is 3.51. The Hall–Kier alpha value is -2.03. The van der Waals surface area contributed by atoms with Gasteiger partial charge < -0.3 is 10.1 Å². The van der Waals surface area contributed by atoms with Gasteiger partial charge in [-0.25, -0.2) is 0 Å². The van der Waals surface area contributed by atoms with E-state index >= 15 is 0 Å². The van der Waals surface area contributed by atoms with E-state index in [1.165, 1.54) is 23.3 Å². The van der Waals surface area contributed by atoms with Crippen LogP contribution in [-0.4, -0.2) is 13.0 Å². The molecule has 1 heterocycles. The van der Waals surface area contributed by atoms with Crippen molar-refractivity contribution in [2.24, 2.45) is 5.92 Å². The number of amides is 1. The fourth-order valence-corrected chi connectivity index (χ4v) is 4.72. The van der Waals surface area contributed by atoms with Gasteiger partial charge in [-0.2, -0.15) is 5.26 Å². The molecule has 3 rings (SSSR count). The van der Waals surface area contributed by atoms with Gasteiger partial charge in [0, 0.05) is 9.90 Å². The number of benzene rings is 1. The molecule has 0 saturated heterocycles. The van der Waals surface area contributed by atoms with Gasteiger partial charge >= 0.3 is 0 Å². The number of nitrogens with zero attached hydrogens (tertiary/aromatic N) is 1. The van der Waals surface area contributed by atoms with Crippen molar-refractivity contribution in [3.8, 4) is 11.8 Å². The zero-order chi connectivity index (χ0) is 18.0. The summed E-state index contributed by atoms with van der Waals surface area (Å²) in [6.07, 6.45) is 4.14. The minimum atomic E-state index is -0.318. The Balaban J connectivity index is 1.91. The van der Waals surface area contributed by atoms with Crippen LogP contribution < -0.4 is 10.1 Å². The van der Waals surface area contributed by atoms with E-state index in [2.05, 4.69) is 18.3 Å². The van der Waals surface area contributed by atoms with Gasteiger partial charge in [-0.1, -0.05) is 24.9 Å². The van der Waals surface area contributed by atoms with Gasteiger partial charge in [0.25, 0.3) is 5.91 Å². The van der Waals surface area contributed by atoms with Gasteiger partial charge in [0.2, 0.25) is 0 Å². The number of rotatable bonds is 4. The number of nitrogens with one attached hydrogen (secondary N) is 1. The van der Waals surface area contributed by atoms with Gasteiger partial charge in [0.15, 0.2) is 0 Å². The van der Waals surface area contributed by atoms with Gasteiger partial charge in [-0.05, 0) is 48.9 Å². The second-order valence-electron chi connectivity index (χ2n) is 6.14. The van der Waals surface area contributed by atoms with Crippen molar-refractivity contribution in [2.45, 2.75) is 32.6 Å². The van der Waals surface area contributed by atoms with Crippen molar-refractivity contribution < 1.29 is 9.53 Å². The highest BCUT2D eigenvalue weighted by Gasteiger charge is 2.26. The number of ether oxygens (including phenoxy) is 1. The van der Waals surface area contributed by atoms with Gasteiger partial charge in [-0.15, -0.1) is 11.3 Å². The predicted octanol–water partition coefficient (Wildman–Crippen LogP) is 5.05. The van der Waals surface area contributed by atoms with Crippen molar-refractivity contribution in [3.05, 3.63) is 44.8 Å². The number of thiophene rings is 1. The second-order valence-corrected chi connectivity index (χ2v) is 7.68. The molecule has 1 aromatic heterocycles. The molecule has 25 heavy (non-hydrogen) atoms. The van der Waals surface area contributed by atoms with Gasteiger partial charge in [0.1, 0.15) is 16.8 Å². The quantitative estimate of drug-likeness (QED) is 0.814. The maximum absolute atomic E-state index is 12.7. The fourth-order valence-electron chi connectivity index (χ4n) is 3.24. The molecule has 0 bridgehead atoms. The third-order valence-corrected chi connectivity index (χ3v) is 6.09. The van der Waals surface area contributed by atoms with Crippen molar-refractivity contribution in [1.29, 1.82) is 5.26 Å².